The predicted octanol–water partition coefficient (Wildman–Crippen LogP) is 1.25. The lowest BCUT2D eigenvalue weighted by molar-refractivity contribution is 0.352. The van der Waals surface area contributed by atoms with E-state index in [-0.39, 0.29) is 0 Å². The number of allylic oxidation sites excluding steroid dienone is 1. The highest BCUT2D eigenvalue weighted by Crippen LogP contribution is 2.28. The number of nitrogens with one attached hydrogen (secondary N) is 1. The van der Waals surface area contributed by atoms with Crippen molar-refractivity contribution >= 4 is 11.8 Å². The lowest BCUT2D eigenvalue weighted by Gasteiger charge is -2.14. The van der Waals surface area contributed by atoms with Gasteiger partial charge in [-0.25, -0.2) is 0 Å². The molecule has 0 fully saturated rings. The van der Waals surface area contributed by atoms with E-state index in [1.807, 2.05) is 11.8 Å². The number of hydrogen-bond acceptors (Lipinski definition) is 3. The van der Waals surface area contributed by atoms with Gasteiger partial charge in [-0.1, -0.05) is 0 Å². The zero-order chi connectivity index (χ0) is 6.27. The number of nitrogens with zero attached hydrogens (tertiary/aromatic N) is 1. The summed E-state index contributed by atoms with van der Waals surface area (Å²) >= 11 is 1.82. The first-order valence-corrected chi connectivity index (χ1v) is 3.86. The Hall–Kier alpha value is -0.570. The van der Waals surface area contributed by atoms with Crippen molar-refractivity contribution in [2.45, 2.75) is 12.3 Å². The molecule has 1 atom stereocenters. The second kappa shape index (κ2) is 1.70. The summed E-state index contributed by atoms with van der Waals surface area (Å²) in [5, 5.41) is 4.71. The second-order valence-electron chi connectivity index (χ2n) is 2.18. The molecule has 0 amide bonds. The van der Waals surface area contributed by atoms with Crippen molar-refractivity contribution in [2.24, 2.45) is 0 Å². The average molecular weight is 140 g/mol. The summed E-state index contributed by atoms with van der Waals surface area (Å²) < 4.78 is 0. The van der Waals surface area contributed by atoms with Crippen LogP contribution in [-0.4, -0.2) is 10.4 Å². The first-order valence-electron chi connectivity index (χ1n) is 2.92. The van der Waals surface area contributed by atoms with Gasteiger partial charge in [0.15, 0.2) is 0 Å². The molecule has 0 radical (unpaired) electrons. The molecule has 2 aliphatic rings. The van der Waals surface area contributed by atoms with Crippen LogP contribution in [-0.2, 0) is 0 Å². The van der Waals surface area contributed by atoms with Crippen LogP contribution in [0.25, 0.3) is 0 Å². The third-order valence-corrected chi connectivity index (χ3v) is 2.33. The van der Waals surface area contributed by atoms with Gasteiger partial charge in [0.25, 0.3) is 0 Å². The monoisotopic (exact) mass is 140 g/mol. The Labute approximate surface area is 58.6 Å². The molecule has 0 bridgehead atoms. The molecule has 2 aliphatic heterocycles. The largest absolute Gasteiger partial charge is 0.302 e. The van der Waals surface area contributed by atoms with E-state index in [1.165, 1.54) is 5.70 Å². The molecule has 3 heteroatoms. The molecule has 9 heavy (non-hydrogen) atoms. The van der Waals surface area contributed by atoms with Crippen molar-refractivity contribution < 1.29 is 0 Å². The van der Waals surface area contributed by atoms with Gasteiger partial charge in [0.05, 0.1) is 0 Å². The molecule has 0 saturated heterocycles. The highest BCUT2D eigenvalue weighted by Gasteiger charge is 2.22. The maximum Gasteiger partial charge on any atom is 0.119 e. The molecule has 0 aromatic carbocycles. The summed E-state index contributed by atoms with van der Waals surface area (Å²) in [5.41, 5.74) is 4.45. The van der Waals surface area contributed by atoms with Gasteiger partial charge in [-0.3, -0.25) is 5.01 Å². The topological polar surface area (TPSA) is 15.3 Å². The molecular weight excluding hydrogens is 132 g/mol. The van der Waals surface area contributed by atoms with Crippen LogP contribution in [0.5, 0.6) is 0 Å². The third-order valence-electron chi connectivity index (χ3n) is 1.41. The number of hydrogen-bond donors (Lipinski definition) is 1. The smallest absolute Gasteiger partial charge is 0.119 e. The SMILES string of the molecule is CC1=CC2SC=CN2N1. The van der Waals surface area contributed by atoms with Crippen LogP contribution in [0.1, 0.15) is 6.92 Å². The molecular formula is C6H8N2S. The number of thioether (sulfide) groups is 1. The van der Waals surface area contributed by atoms with Gasteiger partial charge in [0.2, 0.25) is 0 Å². The minimum Gasteiger partial charge on any atom is -0.302 e. The summed E-state index contributed by atoms with van der Waals surface area (Å²) in [7, 11) is 0. The summed E-state index contributed by atoms with van der Waals surface area (Å²) in [4.78, 5) is 0. The van der Waals surface area contributed by atoms with Crippen molar-refractivity contribution in [3.05, 3.63) is 23.4 Å². The molecule has 0 aliphatic carbocycles. The maximum absolute atomic E-state index is 3.20. The zero-order valence-corrected chi connectivity index (χ0v) is 5.98. The molecule has 0 aromatic rings. The van der Waals surface area contributed by atoms with Gasteiger partial charge in [0.1, 0.15) is 5.37 Å². The van der Waals surface area contributed by atoms with Gasteiger partial charge in [-0.05, 0) is 18.4 Å². The van der Waals surface area contributed by atoms with E-state index >= 15 is 0 Å². The minimum atomic E-state index is 0.519. The van der Waals surface area contributed by atoms with Crippen LogP contribution in [0.3, 0.4) is 0 Å². The summed E-state index contributed by atoms with van der Waals surface area (Å²) in [5.74, 6) is 0. The van der Waals surface area contributed by atoms with Crippen LogP contribution < -0.4 is 5.43 Å². The highest BCUT2D eigenvalue weighted by molar-refractivity contribution is 8.03. The van der Waals surface area contributed by atoms with Gasteiger partial charge in [-0.15, -0.1) is 11.8 Å². The maximum atomic E-state index is 3.20. The third kappa shape index (κ3) is 0.721. The van der Waals surface area contributed by atoms with Crippen LogP contribution in [0.4, 0.5) is 0 Å². The summed E-state index contributed by atoms with van der Waals surface area (Å²) in [6.45, 7) is 2.08. The van der Waals surface area contributed by atoms with Gasteiger partial charge < -0.3 is 5.43 Å². The average Bonchev–Trinajstić information content (AvgIpc) is 2.22. The van der Waals surface area contributed by atoms with Crippen LogP contribution in [0, 0.1) is 0 Å². The fourth-order valence-corrected chi connectivity index (χ4v) is 1.91. The fraction of sp³-hybridized carbons (Fsp3) is 0.333. The van der Waals surface area contributed by atoms with E-state index < -0.39 is 0 Å². The Morgan fingerprint density at radius 3 is 3.44 bits per heavy atom. The Bertz CT molecular complexity index is 185. The normalized spacial score (nSPS) is 30.1. The molecule has 2 nitrogen and oxygen atoms in total. The Morgan fingerprint density at radius 1 is 1.78 bits per heavy atom. The first-order chi connectivity index (χ1) is 4.36. The quantitative estimate of drug-likeness (QED) is 0.545. The van der Waals surface area contributed by atoms with E-state index in [4.69, 9.17) is 0 Å². The minimum absolute atomic E-state index is 0.519. The molecule has 2 heterocycles. The Morgan fingerprint density at radius 2 is 2.67 bits per heavy atom. The Kier molecular flexibility index (Phi) is 0.990. The van der Waals surface area contributed by atoms with E-state index in [9.17, 15) is 0 Å². The first kappa shape index (κ1) is 5.23. The molecule has 0 spiro atoms. The fourth-order valence-electron chi connectivity index (χ4n) is 1.01. The van der Waals surface area contributed by atoms with Crippen molar-refractivity contribution in [1.29, 1.82) is 0 Å². The van der Waals surface area contributed by atoms with Gasteiger partial charge in [-0.2, -0.15) is 0 Å². The van der Waals surface area contributed by atoms with E-state index in [0.717, 1.165) is 0 Å². The lowest BCUT2D eigenvalue weighted by Crippen LogP contribution is -2.28. The molecule has 1 N–H and O–H groups in total. The molecule has 0 saturated carbocycles. The van der Waals surface area contributed by atoms with Crippen molar-refractivity contribution in [1.82, 2.24) is 10.4 Å². The molecule has 2 rings (SSSR count). The van der Waals surface area contributed by atoms with Crippen molar-refractivity contribution in [3.63, 3.8) is 0 Å². The van der Waals surface area contributed by atoms with Crippen molar-refractivity contribution in [2.75, 3.05) is 0 Å². The Balaban J connectivity index is 2.19. The standard InChI is InChI=1S/C6H8N2S/c1-5-4-6-8(7-5)2-3-9-6/h2-4,6-7H,1H3. The summed E-state index contributed by atoms with van der Waals surface area (Å²) in [6, 6.07) is 0. The van der Waals surface area contributed by atoms with E-state index in [1.54, 1.807) is 0 Å². The van der Waals surface area contributed by atoms with Crippen molar-refractivity contribution in [3.8, 4) is 0 Å². The molecule has 1 unspecified atom stereocenters. The van der Waals surface area contributed by atoms with E-state index in [0.29, 0.717) is 5.37 Å². The molecule has 0 aromatic heterocycles. The van der Waals surface area contributed by atoms with Crippen LogP contribution in [0.2, 0.25) is 0 Å². The molecule has 48 valence electrons. The second-order valence-corrected chi connectivity index (χ2v) is 3.21. The van der Waals surface area contributed by atoms with Gasteiger partial charge >= 0.3 is 0 Å². The lowest BCUT2D eigenvalue weighted by atomic mass is 10.5. The zero-order valence-electron chi connectivity index (χ0n) is 5.16. The number of hydrazine groups is 1. The van der Waals surface area contributed by atoms with Crippen LogP contribution in [0.15, 0.2) is 23.4 Å². The predicted molar refractivity (Wildman–Crippen MR) is 39.3 cm³/mol. The highest BCUT2D eigenvalue weighted by atomic mass is 32.2. The van der Waals surface area contributed by atoms with Gasteiger partial charge in [0, 0.05) is 11.9 Å². The number of fused-ring (bicyclic) bond motifs is 1. The van der Waals surface area contributed by atoms with Crippen LogP contribution >= 0.6 is 11.8 Å². The number of rotatable bonds is 0. The van der Waals surface area contributed by atoms with E-state index in [2.05, 4.69) is 35.0 Å². The summed E-state index contributed by atoms with van der Waals surface area (Å²) in [6.07, 6.45) is 4.27.